The van der Waals surface area contributed by atoms with Gasteiger partial charge in [0.05, 0.1) is 37.2 Å². The second-order valence-electron chi connectivity index (χ2n) is 6.79. The van der Waals surface area contributed by atoms with E-state index in [4.69, 9.17) is 21.7 Å². The molecule has 0 amide bonds. The summed E-state index contributed by atoms with van der Waals surface area (Å²) < 4.78 is 13.1. The lowest BCUT2D eigenvalue weighted by atomic mass is 10.0. The van der Waals surface area contributed by atoms with E-state index < -0.39 is 0 Å². The van der Waals surface area contributed by atoms with Crippen LogP contribution in [0.3, 0.4) is 0 Å². The van der Waals surface area contributed by atoms with E-state index in [0.717, 1.165) is 22.8 Å². The molecular formula is C22H24N4O2S. The smallest absolute Gasteiger partial charge is 0.170 e. The van der Waals surface area contributed by atoms with Gasteiger partial charge >= 0.3 is 0 Å². The number of hydrogen-bond acceptors (Lipinski definition) is 4. The minimum absolute atomic E-state index is 0.0348. The Hall–Kier alpha value is -2.90. The molecule has 150 valence electrons. The Balaban J connectivity index is 1.81. The fraction of sp³-hybridized carbons (Fsp3) is 0.273. The summed E-state index contributed by atoms with van der Waals surface area (Å²) in [7, 11) is 3.39. The van der Waals surface area contributed by atoms with Gasteiger partial charge in [0.1, 0.15) is 5.75 Å². The van der Waals surface area contributed by atoms with Gasteiger partial charge in [0.25, 0.3) is 0 Å². The number of thiocarbonyl (C=S) groups is 1. The van der Waals surface area contributed by atoms with E-state index in [2.05, 4.69) is 38.1 Å². The van der Waals surface area contributed by atoms with Crippen LogP contribution in [-0.2, 0) is 4.74 Å². The monoisotopic (exact) mass is 408 g/mol. The van der Waals surface area contributed by atoms with Crippen molar-refractivity contribution in [1.82, 2.24) is 19.8 Å². The number of ether oxygens (including phenoxy) is 2. The van der Waals surface area contributed by atoms with Crippen LogP contribution in [0.15, 0.2) is 67.0 Å². The van der Waals surface area contributed by atoms with Crippen molar-refractivity contribution in [3.63, 3.8) is 0 Å². The topological polar surface area (TPSA) is 51.5 Å². The van der Waals surface area contributed by atoms with Crippen molar-refractivity contribution in [2.24, 2.45) is 0 Å². The van der Waals surface area contributed by atoms with Crippen LogP contribution in [0.25, 0.3) is 5.69 Å². The van der Waals surface area contributed by atoms with Crippen LogP contribution in [0.5, 0.6) is 5.75 Å². The molecule has 2 atom stereocenters. The molecule has 0 radical (unpaired) electrons. The van der Waals surface area contributed by atoms with E-state index in [-0.39, 0.29) is 12.1 Å². The average molecular weight is 409 g/mol. The third-order valence-corrected chi connectivity index (χ3v) is 5.51. The summed E-state index contributed by atoms with van der Waals surface area (Å²) in [6.45, 7) is 1.27. The molecule has 1 aliphatic heterocycles. The molecular weight excluding hydrogens is 384 g/mol. The summed E-state index contributed by atoms with van der Waals surface area (Å²) in [4.78, 5) is 6.77. The highest BCUT2D eigenvalue weighted by Crippen LogP contribution is 2.40. The summed E-state index contributed by atoms with van der Waals surface area (Å²) in [5, 5.41) is 4.17. The molecule has 4 rings (SSSR count). The van der Waals surface area contributed by atoms with E-state index in [1.165, 1.54) is 0 Å². The summed E-state index contributed by atoms with van der Waals surface area (Å²) in [6, 6.07) is 18.0. The van der Waals surface area contributed by atoms with Gasteiger partial charge in [0, 0.05) is 31.7 Å². The molecule has 0 spiro atoms. The first kappa shape index (κ1) is 19.4. The molecule has 6 nitrogen and oxygen atoms in total. The molecule has 2 aromatic heterocycles. The fourth-order valence-corrected chi connectivity index (χ4v) is 4.17. The highest BCUT2D eigenvalue weighted by molar-refractivity contribution is 7.80. The van der Waals surface area contributed by atoms with E-state index in [1.54, 1.807) is 14.2 Å². The molecule has 1 saturated heterocycles. The minimum Gasteiger partial charge on any atom is -0.495 e. The minimum atomic E-state index is -0.0658. The number of nitrogens with one attached hydrogen (secondary N) is 1. The lowest BCUT2D eigenvalue weighted by Gasteiger charge is -2.29. The standard InChI is InChI=1S/C22H24N4O2S/c1-27-15-14-26-21(20(24-22(26)29)16-8-5-6-12-23-16)18-10-7-13-25(18)17-9-3-4-11-19(17)28-2/h3-13,20-21H,14-15H2,1-2H3,(H,24,29)/t20-,21-/m1/s1. The number of hydrogen-bond donors (Lipinski definition) is 1. The zero-order valence-corrected chi connectivity index (χ0v) is 17.3. The number of methoxy groups -OCH3 is 2. The summed E-state index contributed by atoms with van der Waals surface area (Å²) >= 11 is 5.69. The number of nitrogens with zero attached hydrogens (tertiary/aromatic N) is 3. The van der Waals surface area contributed by atoms with Crippen molar-refractivity contribution >= 4 is 17.3 Å². The molecule has 1 aromatic carbocycles. The van der Waals surface area contributed by atoms with Crippen LogP contribution < -0.4 is 10.1 Å². The van der Waals surface area contributed by atoms with Gasteiger partial charge in [-0.15, -0.1) is 0 Å². The maximum Gasteiger partial charge on any atom is 0.170 e. The number of pyridine rings is 1. The Bertz CT molecular complexity index is 976. The van der Waals surface area contributed by atoms with Gasteiger partial charge in [-0.2, -0.15) is 0 Å². The Kier molecular flexibility index (Phi) is 5.78. The third kappa shape index (κ3) is 3.71. The number of para-hydroxylation sites is 2. The maximum atomic E-state index is 5.69. The Morgan fingerprint density at radius 1 is 1.07 bits per heavy atom. The van der Waals surface area contributed by atoms with Crippen molar-refractivity contribution in [3.05, 3.63) is 78.4 Å². The molecule has 0 saturated carbocycles. The van der Waals surface area contributed by atoms with Gasteiger partial charge in [0.15, 0.2) is 5.11 Å². The number of aromatic nitrogens is 2. The van der Waals surface area contributed by atoms with Crippen molar-refractivity contribution < 1.29 is 9.47 Å². The maximum absolute atomic E-state index is 5.69. The molecule has 7 heteroatoms. The Morgan fingerprint density at radius 2 is 1.90 bits per heavy atom. The van der Waals surface area contributed by atoms with E-state index in [1.807, 2.05) is 48.7 Å². The molecule has 29 heavy (non-hydrogen) atoms. The molecule has 1 N–H and O–H groups in total. The van der Waals surface area contributed by atoms with E-state index in [9.17, 15) is 0 Å². The van der Waals surface area contributed by atoms with Crippen LogP contribution in [0.1, 0.15) is 23.5 Å². The van der Waals surface area contributed by atoms with Crippen LogP contribution in [0, 0.1) is 0 Å². The lowest BCUT2D eigenvalue weighted by Crippen LogP contribution is -2.33. The third-order valence-electron chi connectivity index (χ3n) is 5.16. The SMILES string of the molecule is COCCN1C(=S)N[C@H](c2ccccn2)[C@H]1c1cccn1-c1ccccc1OC. The van der Waals surface area contributed by atoms with Gasteiger partial charge in [-0.25, -0.2) is 0 Å². The quantitative estimate of drug-likeness (QED) is 0.604. The number of rotatable bonds is 7. The van der Waals surface area contributed by atoms with E-state index >= 15 is 0 Å². The largest absolute Gasteiger partial charge is 0.495 e. The first-order valence-electron chi connectivity index (χ1n) is 9.52. The number of benzene rings is 1. The zero-order chi connectivity index (χ0) is 20.2. The Morgan fingerprint density at radius 3 is 2.66 bits per heavy atom. The van der Waals surface area contributed by atoms with Gasteiger partial charge in [-0.1, -0.05) is 18.2 Å². The predicted molar refractivity (Wildman–Crippen MR) is 116 cm³/mol. The summed E-state index contributed by atoms with van der Waals surface area (Å²) in [5.41, 5.74) is 3.04. The average Bonchev–Trinajstić information content (AvgIpc) is 3.37. The molecule has 1 fully saturated rings. The van der Waals surface area contributed by atoms with Crippen LogP contribution >= 0.6 is 12.2 Å². The molecule has 3 aromatic rings. The first-order valence-corrected chi connectivity index (χ1v) is 9.93. The molecule has 0 aliphatic carbocycles. The van der Waals surface area contributed by atoms with Gasteiger partial charge < -0.3 is 24.3 Å². The van der Waals surface area contributed by atoms with Crippen molar-refractivity contribution in [3.8, 4) is 11.4 Å². The normalized spacial score (nSPS) is 18.7. The van der Waals surface area contributed by atoms with E-state index in [0.29, 0.717) is 18.3 Å². The van der Waals surface area contributed by atoms with Crippen molar-refractivity contribution in [1.29, 1.82) is 0 Å². The molecule has 0 bridgehead atoms. The fourth-order valence-electron chi connectivity index (χ4n) is 3.84. The summed E-state index contributed by atoms with van der Waals surface area (Å²) in [5.74, 6) is 0.816. The van der Waals surface area contributed by atoms with Crippen LogP contribution in [0.2, 0.25) is 0 Å². The molecule has 1 aliphatic rings. The van der Waals surface area contributed by atoms with Gasteiger partial charge in [-0.05, 0) is 48.6 Å². The summed E-state index contributed by atoms with van der Waals surface area (Å²) in [6.07, 6.45) is 3.87. The molecule has 3 heterocycles. The first-order chi connectivity index (χ1) is 14.2. The lowest BCUT2D eigenvalue weighted by molar-refractivity contribution is 0.163. The highest BCUT2D eigenvalue weighted by Gasteiger charge is 2.41. The Labute approximate surface area is 176 Å². The second-order valence-corrected chi connectivity index (χ2v) is 7.17. The van der Waals surface area contributed by atoms with Gasteiger partial charge in [-0.3, -0.25) is 4.98 Å². The van der Waals surface area contributed by atoms with Crippen molar-refractivity contribution in [2.45, 2.75) is 12.1 Å². The van der Waals surface area contributed by atoms with Crippen molar-refractivity contribution in [2.75, 3.05) is 27.4 Å². The predicted octanol–water partition coefficient (Wildman–Crippen LogP) is 3.50. The molecule has 0 unspecified atom stereocenters. The van der Waals surface area contributed by atoms with Crippen LogP contribution in [-0.4, -0.2) is 46.9 Å². The zero-order valence-electron chi connectivity index (χ0n) is 16.5. The van der Waals surface area contributed by atoms with Gasteiger partial charge in [0.2, 0.25) is 0 Å². The van der Waals surface area contributed by atoms with Crippen LogP contribution in [0.4, 0.5) is 0 Å². The second kappa shape index (κ2) is 8.63. The highest BCUT2D eigenvalue weighted by atomic mass is 32.1.